The van der Waals surface area contributed by atoms with Crippen LogP contribution in [0.4, 0.5) is 0 Å². The molecule has 6 rings (SSSR count). The standard InChI is InChI=1S/C84H117N21O22S/c1-43(2)34-59(93-45(4)107)76(119)96-57-28-33-128-42-64(102-72(115)54(22-25-65(87)108)95-78(121)62(38-50-41-92-53-15-9-8-14-52(50)53)101-82(125)70(44(3)106)104-75(118)55(94-74(57)117)23-26-66(88)109)80(123)98-60(36-46-17-20-51(21-18-46)127-32-31-86)77(120)99-61(37-47-16-19-48-12-6-7-13-49(48)35-47)81(124)105-84(5,29-10-11-30-85)83(126)103-56(24-27-69(112)113)73(116)100-63(40-68(90)111)79(122)97-58(71(91)114)39-67(89)110/h6-9,12-21,35,41,43-44,54-64,70,92,106H,10-11,22-34,36-40,42,85-86H2,1-5H3,(H2,87,108)(H2,88,109)(H2,89,110)(H2,90,111)(H2,91,114)(H,93,107)(H,94,117)(H,95,121)(H,96,119)(H,97,122)(H,98,123)(H,99,120)(H,100,116)(H,101,125)(H,102,115)(H,103,126)(H,104,118)(H,105,124)(H,112,113)/t44-,54+,55+,56+,57+,58+,59+,60+,61+,62+,63+,64+,70+,84+/m1/s1. The van der Waals surface area contributed by atoms with Gasteiger partial charge in [0.25, 0.3) is 0 Å². The molecule has 4 aromatic carbocycles. The molecule has 1 aromatic heterocycles. The molecule has 44 heteroatoms. The van der Waals surface area contributed by atoms with Crippen molar-refractivity contribution in [3.05, 3.63) is 114 Å². The molecule has 30 N–H and O–H groups in total. The number of primary amides is 5. The monoisotopic (exact) mass is 1800 g/mol. The predicted octanol–water partition coefficient (Wildman–Crippen LogP) is -5.28. The van der Waals surface area contributed by atoms with E-state index in [2.05, 4.69) is 74.1 Å². The van der Waals surface area contributed by atoms with Gasteiger partial charge in [-0.3, -0.25) is 91.1 Å². The van der Waals surface area contributed by atoms with Crippen LogP contribution in [0.25, 0.3) is 21.7 Å². The number of aromatic amines is 1. The summed E-state index contributed by atoms with van der Waals surface area (Å²) in [5.74, 6) is -22.0. The zero-order chi connectivity index (χ0) is 94.6. The number of thioether (sulfide) groups is 1. The van der Waals surface area contributed by atoms with E-state index in [1.165, 1.54) is 37.4 Å². The smallest absolute Gasteiger partial charge is 0.303 e. The second-order valence-corrected chi connectivity index (χ2v) is 32.9. The van der Waals surface area contributed by atoms with Crippen LogP contribution in [0.5, 0.6) is 5.75 Å². The fourth-order valence-electron chi connectivity index (χ4n) is 13.8. The highest BCUT2D eigenvalue weighted by Gasteiger charge is 2.43. The molecule has 0 bridgehead atoms. The zero-order valence-electron chi connectivity index (χ0n) is 71.7. The molecule has 0 aliphatic carbocycles. The average molecular weight is 1810 g/mol. The molecule has 0 saturated carbocycles. The Morgan fingerprint density at radius 3 is 1.73 bits per heavy atom. The van der Waals surface area contributed by atoms with E-state index in [-0.39, 0.29) is 63.5 Å². The van der Waals surface area contributed by atoms with E-state index in [1.807, 2.05) is 0 Å². The maximum absolute atomic E-state index is 15.9. The number of aromatic nitrogens is 1. The van der Waals surface area contributed by atoms with Crippen molar-refractivity contribution in [2.45, 2.75) is 221 Å². The Morgan fingerprint density at radius 2 is 1.12 bits per heavy atom. The number of amides is 18. The van der Waals surface area contributed by atoms with Crippen LogP contribution in [-0.2, 0) is 110 Å². The highest BCUT2D eigenvalue weighted by molar-refractivity contribution is 7.99. The van der Waals surface area contributed by atoms with E-state index < -0.39 is 273 Å². The van der Waals surface area contributed by atoms with E-state index in [4.69, 9.17) is 44.9 Å². The van der Waals surface area contributed by atoms with Crippen molar-refractivity contribution in [3.63, 3.8) is 0 Å². The van der Waals surface area contributed by atoms with Crippen LogP contribution in [0.2, 0.25) is 0 Å². The zero-order valence-corrected chi connectivity index (χ0v) is 72.5. The number of carboxylic acid groups (broad SMARTS) is 1. The van der Waals surface area contributed by atoms with E-state index in [0.717, 1.165) is 31.0 Å². The number of nitrogens with one attached hydrogen (secondary N) is 14. The Morgan fingerprint density at radius 1 is 0.562 bits per heavy atom. The molecular formula is C84H117N21O22S. The third-order valence-corrected chi connectivity index (χ3v) is 21.7. The molecule has 14 atom stereocenters. The summed E-state index contributed by atoms with van der Waals surface area (Å²) in [6.45, 7) is 7.29. The number of rotatable bonds is 45. The molecule has 1 fully saturated rings. The largest absolute Gasteiger partial charge is 0.492 e. The maximum atomic E-state index is 15.9. The second-order valence-electron chi connectivity index (χ2n) is 31.7. The Kier molecular flexibility index (Phi) is 41.0. The molecule has 2 heterocycles. The third kappa shape index (κ3) is 33.9. The van der Waals surface area contributed by atoms with E-state index >= 15 is 28.8 Å². The van der Waals surface area contributed by atoms with Crippen LogP contribution in [0.1, 0.15) is 135 Å². The van der Waals surface area contributed by atoms with Gasteiger partial charge < -0.3 is 129 Å². The molecule has 0 radical (unpaired) electrons. The number of aliphatic hydroxyl groups is 1. The van der Waals surface area contributed by atoms with Crippen LogP contribution in [0.3, 0.4) is 0 Å². The number of H-pyrrole nitrogens is 1. The van der Waals surface area contributed by atoms with Gasteiger partial charge in [-0.1, -0.05) is 86.6 Å². The first-order chi connectivity index (χ1) is 60.6. The number of nitrogens with two attached hydrogens (primary N) is 7. The third-order valence-electron chi connectivity index (χ3n) is 20.6. The average Bonchev–Trinajstić information content (AvgIpc) is 1.79. The number of hydrogen-bond acceptors (Lipinski definition) is 24. The minimum Gasteiger partial charge on any atom is -0.492 e. The minimum absolute atomic E-state index is 0.0485. The highest BCUT2D eigenvalue weighted by atomic mass is 32.2. The van der Waals surface area contributed by atoms with Crippen molar-refractivity contribution in [2.24, 2.45) is 46.1 Å². The number of carbonyl (C=O) groups is 19. The fraction of sp³-hybridized carbons (Fsp3) is 0.488. The van der Waals surface area contributed by atoms with Crippen molar-refractivity contribution < 1.29 is 106 Å². The summed E-state index contributed by atoms with van der Waals surface area (Å²) in [5.41, 5.74) is 38.5. The van der Waals surface area contributed by atoms with Gasteiger partial charge in [-0.15, -0.1) is 0 Å². The first kappa shape index (κ1) is 103. The summed E-state index contributed by atoms with van der Waals surface area (Å²) < 4.78 is 5.73. The molecule has 5 aromatic rings. The second kappa shape index (κ2) is 50.7. The lowest BCUT2D eigenvalue weighted by Crippen LogP contribution is -2.64. The fourth-order valence-corrected chi connectivity index (χ4v) is 14.8. The Labute approximate surface area is 740 Å². The molecule has 1 aliphatic heterocycles. The van der Waals surface area contributed by atoms with E-state index in [1.54, 1.807) is 80.6 Å². The Balaban J connectivity index is 1.51. The van der Waals surface area contributed by atoms with Gasteiger partial charge in [0.1, 0.15) is 90.4 Å². The molecule has 1 saturated heterocycles. The molecular weight excluding hydrogens is 1690 g/mol. The van der Waals surface area contributed by atoms with Gasteiger partial charge in [0.15, 0.2) is 0 Å². The number of hydrogen-bond donors (Lipinski definition) is 23. The number of carboxylic acids is 1. The van der Waals surface area contributed by atoms with Crippen molar-refractivity contribution in [1.82, 2.24) is 74.1 Å². The molecule has 696 valence electrons. The van der Waals surface area contributed by atoms with Gasteiger partial charge in [0, 0.05) is 74.8 Å². The Hall–Kier alpha value is -13.4. The number of ether oxygens (including phenoxy) is 1. The minimum atomic E-state index is -2.17. The van der Waals surface area contributed by atoms with Crippen LogP contribution in [0, 0.1) is 5.92 Å². The molecule has 0 spiro atoms. The predicted molar refractivity (Wildman–Crippen MR) is 466 cm³/mol. The molecule has 0 unspecified atom stereocenters. The lowest BCUT2D eigenvalue weighted by molar-refractivity contribution is -0.140. The first-order valence-corrected chi connectivity index (χ1v) is 42.7. The van der Waals surface area contributed by atoms with Crippen molar-refractivity contribution in [2.75, 3.05) is 31.2 Å². The topological polar surface area (TPSA) is 728 Å². The SMILES string of the molecule is CC(=O)N[C@@H](CC(C)C)C(=O)N[C@H]1CCSC[C@@H](C(=O)N[C@@H](Cc2ccc(OCCN)cc2)C(=O)N[C@@H](Cc2ccc3ccccc3c2)C(=O)N[C@@](C)(CCCCN)C(=O)N[C@@H](CCC(=O)O)C(=O)N[C@@H](CC(N)=O)C(=O)N[C@@H](CC(N)=O)C(N)=O)NC(=O)[C@H](CCC(N)=O)NC(=O)[C@H](Cc2c[nH]c3ccccc23)NC(=O)[C@H]([C@@H](C)O)NC(=O)[C@H](CCC(N)=O)NC1=O. The summed E-state index contributed by atoms with van der Waals surface area (Å²) in [4.78, 5) is 269. The Bertz CT molecular complexity index is 4820. The van der Waals surface area contributed by atoms with Crippen molar-refractivity contribution in [3.8, 4) is 5.75 Å². The number of unbranched alkanes of at least 4 members (excludes halogenated alkanes) is 1. The van der Waals surface area contributed by atoms with Gasteiger partial charge in [0.2, 0.25) is 106 Å². The van der Waals surface area contributed by atoms with Gasteiger partial charge in [-0.2, -0.15) is 11.8 Å². The quantitative estimate of drug-likeness (QED) is 0.0162. The molecule has 128 heavy (non-hydrogen) atoms. The summed E-state index contributed by atoms with van der Waals surface area (Å²) in [6.07, 6.45) is -7.43. The molecule has 43 nitrogen and oxygen atoms in total. The number of aliphatic carboxylic acids is 1. The first-order valence-electron chi connectivity index (χ1n) is 41.6. The molecule has 18 amide bonds. The molecule has 1 aliphatic rings. The maximum Gasteiger partial charge on any atom is 0.303 e. The van der Waals surface area contributed by atoms with Crippen LogP contribution < -0.4 is 114 Å². The number of benzene rings is 4. The van der Waals surface area contributed by atoms with Crippen molar-refractivity contribution >= 4 is 146 Å². The van der Waals surface area contributed by atoms with E-state index in [9.17, 15) is 72.5 Å². The summed E-state index contributed by atoms with van der Waals surface area (Å²) in [6, 6.07) is 3.84. The number of para-hydroxylation sites is 1. The lowest BCUT2D eigenvalue weighted by atomic mass is 9.91. The summed E-state index contributed by atoms with van der Waals surface area (Å²) in [5, 5.41) is 55.9. The summed E-state index contributed by atoms with van der Waals surface area (Å²) in [7, 11) is 0. The number of carbonyl (C=O) groups excluding carboxylic acids is 18. The van der Waals surface area contributed by atoms with Crippen molar-refractivity contribution in [1.29, 1.82) is 0 Å². The number of fused-ring (bicyclic) bond motifs is 2. The lowest BCUT2D eigenvalue weighted by Gasteiger charge is -2.34. The van der Waals surface area contributed by atoms with Gasteiger partial charge in [-0.25, -0.2) is 0 Å². The van der Waals surface area contributed by atoms with Gasteiger partial charge in [0.05, 0.1) is 18.9 Å². The normalized spacial score (nSPS) is 18.7. The van der Waals surface area contributed by atoms with Crippen LogP contribution in [0.15, 0.2) is 97.2 Å². The van der Waals surface area contributed by atoms with Gasteiger partial charge in [-0.05, 0) is 129 Å². The van der Waals surface area contributed by atoms with Crippen LogP contribution >= 0.6 is 11.8 Å². The van der Waals surface area contributed by atoms with Gasteiger partial charge >= 0.3 is 5.97 Å². The highest BCUT2D eigenvalue weighted by Crippen LogP contribution is 2.24. The van der Waals surface area contributed by atoms with E-state index in [0.29, 0.717) is 38.7 Å². The van der Waals surface area contributed by atoms with Crippen LogP contribution in [-0.4, -0.2) is 243 Å². The number of aliphatic hydroxyl groups excluding tert-OH is 1. The summed E-state index contributed by atoms with van der Waals surface area (Å²) >= 11 is 0.862.